The number of unbranched alkanes of at least 4 members (excludes halogenated alkanes) is 43. The van der Waals surface area contributed by atoms with Crippen molar-refractivity contribution < 1.29 is 32.9 Å². The first-order valence-corrected chi connectivity index (χ1v) is 35.0. The van der Waals surface area contributed by atoms with E-state index in [0.717, 1.165) is 51.4 Å². The van der Waals surface area contributed by atoms with Crippen LogP contribution in [0, 0.1) is 0 Å². The molecule has 0 aliphatic rings. The molecule has 0 aromatic rings. The second-order valence-corrected chi connectivity index (χ2v) is 25.7. The first-order valence-electron chi connectivity index (χ1n) is 33.5. The number of carbonyl (C=O) groups excluding carboxylic acids is 1. The molecule has 0 aromatic carbocycles. The fourth-order valence-electron chi connectivity index (χ4n) is 10.1. The number of nitrogens with one attached hydrogen (secondary N) is 1. The molecule has 0 aliphatic heterocycles. The minimum absolute atomic E-state index is 0.0611. The van der Waals surface area contributed by atoms with E-state index < -0.39 is 20.0 Å². The Labute approximate surface area is 479 Å². The van der Waals surface area contributed by atoms with Crippen molar-refractivity contribution in [2.24, 2.45) is 0 Å². The Hall–Kier alpha value is -1.54. The summed E-state index contributed by atoms with van der Waals surface area (Å²) in [7, 11) is 1.58. The Kier molecular flexibility index (Phi) is 57.9. The van der Waals surface area contributed by atoms with Gasteiger partial charge in [-0.05, 0) is 57.8 Å². The zero-order valence-corrected chi connectivity index (χ0v) is 52.9. The number of rotatable bonds is 62. The van der Waals surface area contributed by atoms with Gasteiger partial charge in [0.1, 0.15) is 13.2 Å². The van der Waals surface area contributed by atoms with E-state index >= 15 is 0 Å². The number of phosphoric acid groups is 1. The maximum Gasteiger partial charge on any atom is 0.472 e. The molecular formula is C68H132N2O6P+. The summed E-state index contributed by atoms with van der Waals surface area (Å²) in [6.45, 7) is 4.85. The number of likely N-dealkylation sites (N-methyl/N-ethyl adjacent to an activating group) is 1. The van der Waals surface area contributed by atoms with Crippen LogP contribution in [0.4, 0.5) is 0 Å². The maximum absolute atomic E-state index is 13.0. The quantitative estimate of drug-likeness (QED) is 0.0243. The molecule has 0 radical (unpaired) electrons. The third-order valence-electron chi connectivity index (χ3n) is 15.3. The fourth-order valence-corrected chi connectivity index (χ4v) is 10.8. The molecule has 3 N–H and O–H groups in total. The monoisotopic (exact) mass is 1100 g/mol. The molecule has 3 atom stereocenters. The minimum Gasteiger partial charge on any atom is -0.387 e. The van der Waals surface area contributed by atoms with Crippen molar-refractivity contribution in [3.8, 4) is 0 Å². The predicted molar refractivity (Wildman–Crippen MR) is 337 cm³/mol. The number of hydrogen-bond acceptors (Lipinski definition) is 5. The summed E-state index contributed by atoms with van der Waals surface area (Å²) >= 11 is 0. The van der Waals surface area contributed by atoms with Crippen LogP contribution < -0.4 is 5.32 Å². The molecule has 8 nitrogen and oxygen atoms in total. The fraction of sp³-hybridized carbons (Fsp3) is 0.868. The summed E-state index contributed by atoms with van der Waals surface area (Å²) in [6.07, 6.45) is 79.5. The Morgan fingerprint density at radius 3 is 1.08 bits per heavy atom. The second-order valence-electron chi connectivity index (χ2n) is 24.2. The van der Waals surface area contributed by atoms with Crippen LogP contribution in [0.2, 0.25) is 0 Å². The van der Waals surface area contributed by atoms with Crippen LogP contribution >= 0.6 is 7.82 Å². The highest BCUT2D eigenvalue weighted by Crippen LogP contribution is 2.43. The largest absolute Gasteiger partial charge is 0.472 e. The predicted octanol–water partition coefficient (Wildman–Crippen LogP) is 21.1. The van der Waals surface area contributed by atoms with Crippen LogP contribution in [0.15, 0.2) is 48.6 Å². The highest BCUT2D eigenvalue weighted by Gasteiger charge is 2.28. The number of amides is 1. The van der Waals surface area contributed by atoms with E-state index in [4.69, 9.17) is 9.05 Å². The van der Waals surface area contributed by atoms with Crippen molar-refractivity contribution in [2.75, 3.05) is 40.9 Å². The van der Waals surface area contributed by atoms with Crippen LogP contribution in [-0.4, -0.2) is 73.4 Å². The van der Waals surface area contributed by atoms with Crippen LogP contribution in [0.1, 0.15) is 328 Å². The standard InChI is InChI=1S/C68H131N2O6P/c1-6-8-10-12-14-16-18-20-22-24-26-28-30-32-34-36-37-39-41-43-45-47-49-51-53-55-57-59-61-67(71)66(65-76-77(73,74)75-64-63-70(3,4)5)69-68(72)62-60-58-56-54-52-50-48-46-44-42-40-38-35-33-31-29-27-25-23-21-19-17-15-13-11-9-7-2/h19,21,25,27,31,33,59,61,66-67,71H,6-18,20,22-24,26,28-30,32,34-58,60,62-65H2,1-5H3,(H-,69,72,73,74)/p+1/b21-19-,27-25-,33-31-,61-59+. The van der Waals surface area contributed by atoms with Crippen LogP contribution in [0.5, 0.6) is 0 Å². The summed E-state index contributed by atoms with van der Waals surface area (Å²) in [5, 5.41) is 14.0. The second kappa shape index (κ2) is 59.1. The van der Waals surface area contributed by atoms with Gasteiger partial charge >= 0.3 is 7.82 Å². The van der Waals surface area contributed by atoms with Crippen LogP contribution in [-0.2, 0) is 18.4 Å². The van der Waals surface area contributed by atoms with E-state index in [1.807, 2.05) is 27.2 Å². The van der Waals surface area contributed by atoms with Crippen LogP contribution in [0.25, 0.3) is 0 Å². The molecule has 0 saturated heterocycles. The lowest BCUT2D eigenvalue weighted by atomic mass is 10.0. The number of nitrogens with zero attached hydrogens (tertiary/aromatic N) is 1. The molecule has 0 aromatic heterocycles. The maximum atomic E-state index is 13.0. The average molecular weight is 1100 g/mol. The number of carbonyl (C=O) groups is 1. The van der Waals surface area contributed by atoms with Gasteiger partial charge in [-0.3, -0.25) is 13.8 Å². The van der Waals surface area contributed by atoms with Gasteiger partial charge < -0.3 is 19.8 Å². The summed E-state index contributed by atoms with van der Waals surface area (Å²) < 4.78 is 23.8. The van der Waals surface area contributed by atoms with Gasteiger partial charge in [0.15, 0.2) is 0 Å². The zero-order chi connectivity index (χ0) is 56.3. The van der Waals surface area contributed by atoms with E-state index in [0.29, 0.717) is 17.4 Å². The lowest BCUT2D eigenvalue weighted by molar-refractivity contribution is -0.870. The third kappa shape index (κ3) is 61.9. The molecule has 454 valence electrons. The van der Waals surface area contributed by atoms with Gasteiger partial charge in [0.2, 0.25) is 5.91 Å². The van der Waals surface area contributed by atoms with E-state index in [1.54, 1.807) is 6.08 Å². The molecule has 0 bridgehead atoms. The van der Waals surface area contributed by atoms with Crippen molar-refractivity contribution in [3.63, 3.8) is 0 Å². The number of phosphoric ester groups is 1. The minimum atomic E-state index is -4.35. The SMILES string of the molecule is CCCCCCC/C=C\C/C=C\C/C=C\CCCCCCCCCCCCCCC(=O)NC(COP(=O)(O)OCC[N+](C)(C)C)C(O)/C=C/CCCCCCCCCCCCCCCCCCCCCCCCCCCC. The first-order chi connectivity index (χ1) is 37.5. The van der Waals surface area contributed by atoms with Crippen molar-refractivity contribution in [3.05, 3.63) is 48.6 Å². The third-order valence-corrected chi connectivity index (χ3v) is 16.3. The van der Waals surface area contributed by atoms with Gasteiger partial charge in [0, 0.05) is 6.42 Å². The Morgan fingerprint density at radius 2 is 0.740 bits per heavy atom. The lowest BCUT2D eigenvalue weighted by Gasteiger charge is -2.25. The molecule has 9 heteroatoms. The molecule has 0 heterocycles. The van der Waals surface area contributed by atoms with Gasteiger partial charge in [0.05, 0.1) is 39.9 Å². The van der Waals surface area contributed by atoms with Crippen molar-refractivity contribution >= 4 is 13.7 Å². The highest BCUT2D eigenvalue weighted by molar-refractivity contribution is 7.47. The van der Waals surface area contributed by atoms with Crippen molar-refractivity contribution in [2.45, 2.75) is 341 Å². The number of allylic oxidation sites excluding steroid dienone is 7. The Bertz CT molecular complexity index is 1390. The van der Waals surface area contributed by atoms with Gasteiger partial charge in [0.25, 0.3) is 0 Å². The Balaban J connectivity index is 4.11. The van der Waals surface area contributed by atoms with E-state index in [2.05, 4.69) is 55.6 Å². The average Bonchev–Trinajstić information content (AvgIpc) is 3.39. The topological polar surface area (TPSA) is 105 Å². The molecule has 1 amide bonds. The summed E-state index contributed by atoms with van der Waals surface area (Å²) in [5.41, 5.74) is 0. The van der Waals surface area contributed by atoms with Gasteiger partial charge in [-0.1, -0.05) is 313 Å². The van der Waals surface area contributed by atoms with Gasteiger partial charge in [-0.2, -0.15) is 0 Å². The molecule has 77 heavy (non-hydrogen) atoms. The molecule has 0 saturated carbocycles. The number of hydrogen-bond donors (Lipinski definition) is 3. The zero-order valence-electron chi connectivity index (χ0n) is 52.0. The summed E-state index contributed by atoms with van der Waals surface area (Å²) in [6, 6.07) is -0.850. The molecule has 3 unspecified atom stereocenters. The number of aliphatic hydroxyl groups is 1. The molecule has 0 rings (SSSR count). The normalized spacial score (nSPS) is 14.0. The number of quaternary nitrogens is 1. The molecule has 0 spiro atoms. The van der Waals surface area contributed by atoms with E-state index in [9.17, 15) is 19.4 Å². The number of aliphatic hydroxyl groups excluding tert-OH is 1. The molecule has 0 fully saturated rings. The smallest absolute Gasteiger partial charge is 0.387 e. The highest BCUT2D eigenvalue weighted by atomic mass is 31.2. The van der Waals surface area contributed by atoms with Crippen molar-refractivity contribution in [1.29, 1.82) is 0 Å². The van der Waals surface area contributed by atoms with Gasteiger partial charge in [-0.15, -0.1) is 0 Å². The van der Waals surface area contributed by atoms with Crippen molar-refractivity contribution in [1.82, 2.24) is 5.32 Å². The summed E-state index contributed by atoms with van der Waals surface area (Å²) in [4.78, 5) is 23.4. The molecular weight excluding hydrogens is 972 g/mol. The lowest BCUT2D eigenvalue weighted by Crippen LogP contribution is -2.45. The summed E-state index contributed by atoms with van der Waals surface area (Å²) in [5.74, 6) is -0.175. The van der Waals surface area contributed by atoms with Gasteiger partial charge in [-0.25, -0.2) is 4.57 Å². The molecule has 0 aliphatic carbocycles. The van der Waals surface area contributed by atoms with E-state index in [-0.39, 0.29) is 19.1 Å². The Morgan fingerprint density at radius 1 is 0.442 bits per heavy atom. The first kappa shape index (κ1) is 75.5. The van der Waals surface area contributed by atoms with E-state index in [1.165, 1.54) is 257 Å². The van der Waals surface area contributed by atoms with Crippen LogP contribution in [0.3, 0.4) is 0 Å².